The largest absolute Gasteiger partial charge is 0.497 e. The number of hydrogen-bond donors (Lipinski definition) is 1. The second-order valence-electron chi connectivity index (χ2n) is 4.63. The van der Waals surface area contributed by atoms with Crippen molar-refractivity contribution in [1.82, 2.24) is 4.57 Å². The average Bonchev–Trinajstić information content (AvgIpc) is 2.82. The van der Waals surface area contributed by atoms with E-state index in [2.05, 4.69) is 0 Å². The molecule has 2 N–H and O–H groups in total. The third kappa shape index (κ3) is 2.93. The Morgan fingerprint density at radius 3 is 2.80 bits per heavy atom. The first kappa shape index (κ1) is 14.4. The fourth-order valence-electron chi connectivity index (χ4n) is 2.30. The van der Waals surface area contributed by atoms with Gasteiger partial charge >= 0.3 is 5.97 Å². The average molecular weight is 276 g/mol. The maximum Gasteiger partial charge on any atom is 0.325 e. The van der Waals surface area contributed by atoms with E-state index in [1.807, 2.05) is 29.0 Å². The highest BCUT2D eigenvalue weighted by atomic mass is 16.5. The summed E-state index contributed by atoms with van der Waals surface area (Å²) in [5.41, 5.74) is 7.74. The van der Waals surface area contributed by atoms with Crippen molar-refractivity contribution in [2.24, 2.45) is 5.73 Å². The van der Waals surface area contributed by atoms with Gasteiger partial charge in [-0.15, -0.1) is 0 Å². The second-order valence-corrected chi connectivity index (χ2v) is 4.63. The van der Waals surface area contributed by atoms with Crippen LogP contribution in [0.4, 0.5) is 0 Å². The lowest BCUT2D eigenvalue weighted by atomic mass is 10.1. The quantitative estimate of drug-likeness (QED) is 0.816. The summed E-state index contributed by atoms with van der Waals surface area (Å²) < 4.78 is 11.9. The molecule has 0 bridgehead atoms. The molecule has 20 heavy (non-hydrogen) atoms. The van der Waals surface area contributed by atoms with Crippen molar-refractivity contribution in [3.05, 3.63) is 30.0 Å². The Morgan fingerprint density at radius 1 is 1.35 bits per heavy atom. The van der Waals surface area contributed by atoms with Crippen LogP contribution in [0.25, 0.3) is 10.9 Å². The molecule has 108 valence electrons. The van der Waals surface area contributed by atoms with Gasteiger partial charge in [0.05, 0.1) is 19.7 Å². The van der Waals surface area contributed by atoms with Crippen LogP contribution < -0.4 is 10.5 Å². The Hall–Kier alpha value is -2.01. The maximum absolute atomic E-state index is 11.5. The first-order valence-corrected chi connectivity index (χ1v) is 6.62. The van der Waals surface area contributed by atoms with Gasteiger partial charge in [-0.05, 0) is 37.1 Å². The van der Waals surface area contributed by atoms with Crippen LogP contribution >= 0.6 is 0 Å². The Labute approximate surface area is 118 Å². The molecule has 1 heterocycles. The number of nitrogens with zero attached hydrogens (tertiary/aromatic N) is 1. The summed E-state index contributed by atoms with van der Waals surface area (Å²) in [4.78, 5) is 11.5. The lowest BCUT2D eigenvalue weighted by Crippen LogP contribution is -2.10. The van der Waals surface area contributed by atoms with Gasteiger partial charge < -0.3 is 19.8 Å². The van der Waals surface area contributed by atoms with Gasteiger partial charge in [-0.3, -0.25) is 4.79 Å². The second kappa shape index (κ2) is 6.43. The van der Waals surface area contributed by atoms with Gasteiger partial charge in [-0.2, -0.15) is 0 Å². The Morgan fingerprint density at radius 2 is 2.15 bits per heavy atom. The highest BCUT2D eigenvalue weighted by Gasteiger charge is 2.12. The number of esters is 1. The van der Waals surface area contributed by atoms with E-state index in [4.69, 9.17) is 15.2 Å². The summed E-state index contributed by atoms with van der Waals surface area (Å²) in [6, 6.07) is 5.88. The molecule has 0 saturated carbocycles. The van der Waals surface area contributed by atoms with Gasteiger partial charge in [0.2, 0.25) is 0 Å². The van der Waals surface area contributed by atoms with Gasteiger partial charge in [0.25, 0.3) is 0 Å². The van der Waals surface area contributed by atoms with Crippen molar-refractivity contribution < 1.29 is 14.3 Å². The molecule has 0 saturated heterocycles. The third-order valence-electron chi connectivity index (χ3n) is 3.35. The first-order valence-electron chi connectivity index (χ1n) is 6.62. The number of ether oxygens (including phenoxy) is 2. The fraction of sp³-hybridized carbons (Fsp3) is 0.400. The summed E-state index contributed by atoms with van der Waals surface area (Å²) in [6.45, 7) is 0.850. The van der Waals surface area contributed by atoms with E-state index >= 15 is 0 Å². The van der Waals surface area contributed by atoms with Crippen molar-refractivity contribution in [3.8, 4) is 5.75 Å². The molecule has 0 atom stereocenters. The van der Waals surface area contributed by atoms with Crippen LogP contribution in [0.1, 0.15) is 12.0 Å². The van der Waals surface area contributed by atoms with Gasteiger partial charge in [-0.1, -0.05) is 0 Å². The molecule has 0 amide bonds. The molecular weight excluding hydrogens is 256 g/mol. The number of nitrogens with two attached hydrogens (primary N) is 1. The van der Waals surface area contributed by atoms with E-state index in [1.165, 1.54) is 12.7 Å². The lowest BCUT2D eigenvalue weighted by Gasteiger charge is -2.05. The summed E-state index contributed by atoms with van der Waals surface area (Å²) in [5.74, 6) is 0.502. The Kier molecular flexibility index (Phi) is 4.63. The first-order chi connectivity index (χ1) is 9.69. The zero-order valence-corrected chi connectivity index (χ0v) is 11.9. The summed E-state index contributed by atoms with van der Waals surface area (Å²) in [6.07, 6.45) is 3.81. The monoisotopic (exact) mass is 276 g/mol. The number of carbonyl (C=O) groups is 1. The predicted octanol–water partition coefficient (Wildman–Crippen LogP) is 1.71. The van der Waals surface area contributed by atoms with Crippen molar-refractivity contribution >= 4 is 16.9 Å². The Balaban J connectivity index is 2.45. The van der Waals surface area contributed by atoms with Gasteiger partial charge in [0.15, 0.2) is 0 Å². The number of benzene rings is 1. The minimum Gasteiger partial charge on any atom is -0.497 e. The molecule has 5 heteroatoms. The summed E-state index contributed by atoms with van der Waals surface area (Å²) >= 11 is 0. The van der Waals surface area contributed by atoms with Crippen LogP contribution in [-0.4, -0.2) is 31.3 Å². The van der Waals surface area contributed by atoms with E-state index < -0.39 is 0 Å². The molecule has 0 aliphatic rings. The zero-order valence-electron chi connectivity index (χ0n) is 11.9. The van der Waals surface area contributed by atoms with Crippen LogP contribution in [0.15, 0.2) is 24.4 Å². The van der Waals surface area contributed by atoms with Gasteiger partial charge in [0, 0.05) is 17.6 Å². The van der Waals surface area contributed by atoms with Crippen LogP contribution in [0.3, 0.4) is 0 Å². The topological polar surface area (TPSA) is 66.5 Å². The minimum atomic E-state index is -0.268. The highest BCUT2D eigenvalue weighted by Crippen LogP contribution is 2.26. The molecule has 0 aliphatic heterocycles. The maximum atomic E-state index is 11.5. The van der Waals surface area contributed by atoms with E-state index in [0.29, 0.717) is 6.54 Å². The zero-order chi connectivity index (χ0) is 14.5. The van der Waals surface area contributed by atoms with Gasteiger partial charge in [0.1, 0.15) is 12.3 Å². The van der Waals surface area contributed by atoms with Crippen molar-refractivity contribution in [2.45, 2.75) is 19.4 Å². The normalized spacial score (nSPS) is 10.8. The molecule has 0 aliphatic carbocycles. The van der Waals surface area contributed by atoms with Crippen molar-refractivity contribution in [3.63, 3.8) is 0 Å². The van der Waals surface area contributed by atoms with Crippen molar-refractivity contribution in [2.75, 3.05) is 20.8 Å². The molecule has 0 spiro atoms. The number of hydrogen-bond acceptors (Lipinski definition) is 4. The molecule has 2 rings (SSSR count). The number of carbonyl (C=O) groups excluding carboxylic acids is 1. The standard InChI is InChI=1S/C15H20N2O3/c1-19-12-5-6-13-11(4-3-7-16)9-17(14(13)8-12)10-15(18)20-2/h5-6,8-9H,3-4,7,10,16H2,1-2H3. The van der Waals surface area contributed by atoms with E-state index in [9.17, 15) is 4.79 Å². The molecule has 0 fully saturated rings. The van der Waals surface area contributed by atoms with E-state index in [1.54, 1.807) is 7.11 Å². The lowest BCUT2D eigenvalue weighted by molar-refractivity contribution is -0.141. The SMILES string of the molecule is COC(=O)Cn1cc(CCCN)c2ccc(OC)cc21. The van der Waals surface area contributed by atoms with E-state index in [0.717, 1.165) is 29.5 Å². The number of rotatable bonds is 6. The molecule has 0 radical (unpaired) electrons. The van der Waals surface area contributed by atoms with Crippen LogP contribution in [0, 0.1) is 0 Å². The van der Waals surface area contributed by atoms with Gasteiger partial charge in [-0.25, -0.2) is 0 Å². The number of fused-ring (bicyclic) bond motifs is 1. The molecule has 1 aromatic heterocycles. The third-order valence-corrected chi connectivity index (χ3v) is 3.35. The highest BCUT2D eigenvalue weighted by molar-refractivity contribution is 5.86. The van der Waals surface area contributed by atoms with Crippen LogP contribution in [0.2, 0.25) is 0 Å². The van der Waals surface area contributed by atoms with E-state index in [-0.39, 0.29) is 12.5 Å². The van der Waals surface area contributed by atoms with Crippen LogP contribution in [-0.2, 0) is 22.5 Å². The summed E-state index contributed by atoms with van der Waals surface area (Å²) in [5, 5.41) is 1.13. The molecular formula is C15H20N2O3. The van der Waals surface area contributed by atoms with Crippen molar-refractivity contribution in [1.29, 1.82) is 0 Å². The number of aromatic nitrogens is 1. The molecule has 5 nitrogen and oxygen atoms in total. The van der Waals surface area contributed by atoms with Crippen LogP contribution in [0.5, 0.6) is 5.75 Å². The summed E-state index contributed by atoms with van der Waals surface area (Å²) in [7, 11) is 3.02. The molecule has 0 unspecified atom stereocenters. The number of aryl methyl sites for hydroxylation is 1. The fourth-order valence-corrected chi connectivity index (χ4v) is 2.30. The smallest absolute Gasteiger partial charge is 0.325 e. The Bertz CT molecular complexity index is 604. The molecule has 1 aromatic carbocycles. The minimum absolute atomic E-state index is 0.197. The predicted molar refractivity (Wildman–Crippen MR) is 77.9 cm³/mol. The molecule has 2 aromatic rings. The number of methoxy groups -OCH3 is 2.